The van der Waals surface area contributed by atoms with E-state index in [0.717, 1.165) is 6.07 Å². The lowest BCUT2D eigenvalue weighted by Crippen LogP contribution is -2.15. The highest BCUT2D eigenvalue weighted by molar-refractivity contribution is 6.29. The number of ketones is 1. The van der Waals surface area contributed by atoms with Crippen molar-refractivity contribution in [2.45, 2.75) is 0 Å². The van der Waals surface area contributed by atoms with E-state index in [1.807, 2.05) is 0 Å². The number of benzene rings is 1. The molecule has 2 aromatic rings. The number of esters is 1. The van der Waals surface area contributed by atoms with Gasteiger partial charge in [-0.2, -0.15) is 0 Å². The highest BCUT2D eigenvalue weighted by Crippen LogP contribution is 2.20. The molecule has 114 valence electrons. The van der Waals surface area contributed by atoms with E-state index in [1.165, 1.54) is 37.6 Å². The predicted molar refractivity (Wildman–Crippen MR) is 76.8 cm³/mol. The first-order valence-corrected chi connectivity index (χ1v) is 6.54. The average Bonchev–Trinajstić information content (AvgIpc) is 2.53. The van der Waals surface area contributed by atoms with Gasteiger partial charge in [-0.1, -0.05) is 11.6 Å². The van der Waals surface area contributed by atoms with Crippen LogP contribution in [0.3, 0.4) is 0 Å². The molecule has 0 fully saturated rings. The van der Waals surface area contributed by atoms with Crippen LogP contribution < -0.4 is 4.74 Å². The summed E-state index contributed by atoms with van der Waals surface area (Å²) >= 11 is 5.61. The minimum absolute atomic E-state index is 0.00420. The van der Waals surface area contributed by atoms with E-state index in [0.29, 0.717) is 0 Å². The molecule has 0 atom stereocenters. The molecule has 0 N–H and O–H groups in total. The Balaban J connectivity index is 2.05. The van der Waals surface area contributed by atoms with Crippen LogP contribution in [0.15, 0.2) is 36.5 Å². The molecule has 5 nitrogen and oxygen atoms in total. The van der Waals surface area contributed by atoms with Crippen LogP contribution in [0.2, 0.25) is 5.15 Å². The Morgan fingerprint density at radius 3 is 2.68 bits per heavy atom. The highest BCUT2D eigenvalue weighted by Gasteiger charge is 2.16. The minimum Gasteiger partial charge on any atom is -0.496 e. The van der Waals surface area contributed by atoms with Crippen LogP contribution >= 0.6 is 11.6 Å². The first-order chi connectivity index (χ1) is 10.5. The first kappa shape index (κ1) is 15.9. The van der Waals surface area contributed by atoms with Crippen LogP contribution in [0, 0.1) is 5.82 Å². The number of nitrogens with zero attached hydrogens (tertiary/aromatic N) is 1. The molecule has 0 aliphatic rings. The van der Waals surface area contributed by atoms with Gasteiger partial charge in [0.2, 0.25) is 5.78 Å². The van der Waals surface area contributed by atoms with E-state index in [-0.39, 0.29) is 22.0 Å². The molecule has 1 heterocycles. The molecule has 0 radical (unpaired) electrons. The predicted octanol–water partition coefficient (Wildman–Crippen LogP) is 2.92. The van der Waals surface area contributed by atoms with Crippen LogP contribution in [-0.4, -0.2) is 30.5 Å². The Bertz CT molecular complexity index is 703. The number of halogens is 2. The van der Waals surface area contributed by atoms with Crippen LogP contribution in [0.25, 0.3) is 0 Å². The molecule has 0 bridgehead atoms. The normalized spacial score (nSPS) is 10.1. The van der Waals surface area contributed by atoms with Crippen LogP contribution in [0.1, 0.15) is 20.7 Å². The van der Waals surface area contributed by atoms with Gasteiger partial charge in [-0.05, 0) is 30.3 Å². The van der Waals surface area contributed by atoms with Gasteiger partial charge >= 0.3 is 5.97 Å². The maximum atomic E-state index is 13.2. The van der Waals surface area contributed by atoms with Crippen molar-refractivity contribution in [3.05, 3.63) is 58.6 Å². The standard InChI is InChI=1S/C15H11ClFNO4/c1-21-13-4-3-10(17)6-11(13)12(19)8-22-15(20)9-2-5-14(16)18-7-9/h2-7H,8H2,1H3. The molecule has 0 saturated heterocycles. The summed E-state index contributed by atoms with van der Waals surface area (Å²) in [6.07, 6.45) is 1.23. The number of pyridine rings is 1. The van der Waals surface area contributed by atoms with E-state index >= 15 is 0 Å². The van der Waals surface area contributed by atoms with Gasteiger partial charge in [-0.3, -0.25) is 4.79 Å². The topological polar surface area (TPSA) is 65.5 Å². The number of hydrogen-bond acceptors (Lipinski definition) is 5. The van der Waals surface area contributed by atoms with Gasteiger partial charge in [0.25, 0.3) is 0 Å². The molecule has 1 aromatic carbocycles. The first-order valence-electron chi connectivity index (χ1n) is 6.16. The lowest BCUT2D eigenvalue weighted by Gasteiger charge is -2.08. The van der Waals surface area contributed by atoms with E-state index in [4.69, 9.17) is 21.1 Å². The van der Waals surface area contributed by atoms with Crippen molar-refractivity contribution in [2.75, 3.05) is 13.7 Å². The van der Waals surface area contributed by atoms with Crippen molar-refractivity contribution in [3.8, 4) is 5.75 Å². The number of methoxy groups -OCH3 is 1. The molecule has 0 aliphatic carbocycles. The highest BCUT2D eigenvalue weighted by atomic mass is 35.5. The number of carbonyl (C=O) groups excluding carboxylic acids is 2. The Hall–Kier alpha value is -2.47. The fraction of sp³-hybridized carbons (Fsp3) is 0.133. The fourth-order valence-corrected chi connectivity index (χ4v) is 1.80. The minimum atomic E-state index is -0.729. The second-order valence-electron chi connectivity index (χ2n) is 4.21. The Kier molecular flexibility index (Phi) is 5.06. The SMILES string of the molecule is COc1ccc(F)cc1C(=O)COC(=O)c1ccc(Cl)nc1. The molecular weight excluding hydrogens is 313 g/mol. The van der Waals surface area contributed by atoms with E-state index in [9.17, 15) is 14.0 Å². The monoisotopic (exact) mass is 323 g/mol. The summed E-state index contributed by atoms with van der Waals surface area (Å²) in [5.41, 5.74) is 0.160. The Labute approximate surface area is 130 Å². The molecule has 0 saturated carbocycles. The van der Waals surface area contributed by atoms with Gasteiger partial charge in [0.05, 0.1) is 18.2 Å². The Morgan fingerprint density at radius 1 is 1.27 bits per heavy atom. The zero-order chi connectivity index (χ0) is 16.1. The number of ether oxygens (including phenoxy) is 2. The number of Topliss-reactive ketones (excluding diaryl/α,β-unsaturated/α-hetero) is 1. The molecule has 0 aliphatic heterocycles. The molecule has 0 amide bonds. The maximum absolute atomic E-state index is 13.2. The zero-order valence-electron chi connectivity index (χ0n) is 11.5. The lowest BCUT2D eigenvalue weighted by molar-refractivity contribution is 0.0473. The summed E-state index contributed by atoms with van der Waals surface area (Å²) in [6, 6.07) is 6.37. The van der Waals surface area contributed by atoms with Crippen molar-refractivity contribution >= 4 is 23.4 Å². The van der Waals surface area contributed by atoms with Crippen molar-refractivity contribution in [3.63, 3.8) is 0 Å². The summed E-state index contributed by atoms with van der Waals surface area (Å²) in [5.74, 6) is -1.69. The lowest BCUT2D eigenvalue weighted by atomic mass is 10.1. The summed E-state index contributed by atoms with van der Waals surface area (Å²) < 4.78 is 23.1. The van der Waals surface area contributed by atoms with Gasteiger partial charge in [0.15, 0.2) is 6.61 Å². The zero-order valence-corrected chi connectivity index (χ0v) is 12.3. The molecule has 0 spiro atoms. The van der Waals surface area contributed by atoms with Gasteiger partial charge in [0, 0.05) is 6.20 Å². The third kappa shape index (κ3) is 3.79. The van der Waals surface area contributed by atoms with E-state index < -0.39 is 24.2 Å². The molecule has 22 heavy (non-hydrogen) atoms. The summed E-state index contributed by atoms with van der Waals surface area (Å²) in [4.78, 5) is 27.5. The van der Waals surface area contributed by atoms with E-state index in [1.54, 1.807) is 0 Å². The van der Waals surface area contributed by atoms with Crippen LogP contribution in [0.4, 0.5) is 4.39 Å². The molecule has 1 aromatic heterocycles. The van der Waals surface area contributed by atoms with Crippen molar-refractivity contribution < 1.29 is 23.5 Å². The summed E-state index contributed by atoms with van der Waals surface area (Å²) in [6.45, 7) is -0.540. The number of hydrogen-bond donors (Lipinski definition) is 0. The average molecular weight is 324 g/mol. The molecular formula is C15H11ClFNO4. The Morgan fingerprint density at radius 2 is 2.05 bits per heavy atom. The van der Waals surface area contributed by atoms with Gasteiger partial charge in [-0.25, -0.2) is 14.2 Å². The van der Waals surface area contributed by atoms with Crippen LogP contribution in [-0.2, 0) is 4.74 Å². The quantitative estimate of drug-likeness (QED) is 0.481. The van der Waals surface area contributed by atoms with Crippen LogP contribution in [0.5, 0.6) is 5.75 Å². The van der Waals surface area contributed by atoms with Crippen molar-refractivity contribution in [2.24, 2.45) is 0 Å². The number of rotatable bonds is 5. The smallest absolute Gasteiger partial charge is 0.340 e. The fourth-order valence-electron chi connectivity index (χ4n) is 1.69. The molecule has 0 unspecified atom stereocenters. The van der Waals surface area contributed by atoms with Crippen molar-refractivity contribution in [1.29, 1.82) is 0 Å². The maximum Gasteiger partial charge on any atom is 0.340 e. The second kappa shape index (κ2) is 7.00. The van der Waals surface area contributed by atoms with E-state index in [2.05, 4.69) is 4.98 Å². The van der Waals surface area contributed by atoms with Gasteiger partial charge in [-0.15, -0.1) is 0 Å². The third-order valence-corrected chi connectivity index (χ3v) is 2.98. The van der Waals surface area contributed by atoms with Gasteiger partial charge in [0.1, 0.15) is 16.7 Å². The summed E-state index contributed by atoms with van der Waals surface area (Å²) in [5, 5.41) is 0.233. The number of aromatic nitrogens is 1. The molecule has 7 heteroatoms. The second-order valence-corrected chi connectivity index (χ2v) is 4.60. The largest absolute Gasteiger partial charge is 0.496 e. The molecule has 2 rings (SSSR count). The third-order valence-electron chi connectivity index (χ3n) is 2.76. The summed E-state index contributed by atoms with van der Waals surface area (Å²) in [7, 11) is 1.36. The number of carbonyl (C=O) groups is 2. The van der Waals surface area contributed by atoms with Gasteiger partial charge < -0.3 is 9.47 Å². The van der Waals surface area contributed by atoms with Crippen molar-refractivity contribution in [1.82, 2.24) is 4.98 Å².